The molecule has 0 atom stereocenters. The highest BCUT2D eigenvalue weighted by Gasteiger charge is 2.16. The van der Waals surface area contributed by atoms with E-state index in [0.717, 1.165) is 0 Å². The average molecular weight is 267 g/mol. The molecular formula is C11H13N3O3S. The van der Waals surface area contributed by atoms with Gasteiger partial charge in [0.15, 0.2) is 5.03 Å². The lowest BCUT2D eigenvalue weighted by molar-refractivity contribution is 0.475. The Morgan fingerprint density at radius 1 is 1.33 bits per heavy atom. The first-order valence-corrected chi connectivity index (χ1v) is 6.85. The molecule has 0 radical (unpaired) electrons. The van der Waals surface area contributed by atoms with Gasteiger partial charge >= 0.3 is 0 Å². The summed E-state index contributed by atoms with van der Waals surface area (Å²) in [7, 11) is -3.67. The number of aromatic hydroxyl groups is 1. The number of phenolic OH excluding ortho intramolecular Hbond substituents is 1. The number of nitrogens with zero attached hydrogens (tertiary/aromatic N) is 1. The fraction of sp³-hybridized carbons (Fsp3) is 0.182. The Bertz CT molecular complexity index is 632. The van der Waals surface area contributed by atoms with Gasteiger partial charge in [-0.15, -0.1) is 0 Å². The molecule has 2 rings (SSSR count). The van der Waals surface area contributed by atoms with Crippen molar-refractivity contribution < 1.29 is 13.5 Å². The number of H-pyrrole nitrogens is 1. The first kappa shape index (κ1) is 12.4. The second kappa shape index (κ2) is 4.69. The predicted molar refractivity (Wildman–Crippen MR) is 66.9 cm³/mol. The molecular weight excluding hydrogens is 254 g/mol. The van der Waals surface area contributed by atoms with Gasteiger partial charge in [0.25, 0.3) is 10.0 Å². The Morgan fingerprint density at radius 2 is 2.00 bits per heavy atom. The highest BCUT2D eigenvalue weighted by atomic mass is 32.2. The molecule has 0 spiro atoms. The van der Waals surface area contributed by atoms with Crippen molar-refractivity contribution in [2.24, 2.45) is 0 Å². The van der Waals surface area contributed by atoms with Gasteiger partial charge in [-0.1, -0.05) is 6.92 Å². The minimum atomic E-state index is -3.67. The van der Waals surface area contributed by atoms with Crippen LogP contribution in [0.1, 0.15) is 12.7 Å². The summed E-state index contributed by atoms with van der Waals surface area (Å²) in [5.74, 6) is 0.689. The second-order valence-corrected chi connectivity index (χ2v) is 5.35. The van der Waals surface area contributed by atoms with E-state index in [2.05, 4.69) is 14.7 Å². The number of sulfonamides is 1. The normalized spacial score (nSPS) is 11.4. The number of phenols is 1. The third kappa shape index (κ3) is 2.62. The van der Waals surface area contributed by atoms with Gasteiger partial charge in [0, 0.05) is 12.1 Å². The highest BCUT2D eigenvalue weighted by molar-refractivity contribution is 7.92. The van der Waals surface area contributed by atoms with E-state index < -0.39 is 10.0 Å². The summed E-state index contributed by atoms with van der Waals surface area (Å²) in [4.78, 5) is 6.67. The molecule has 0 aliphatic carbocycles. The SMILES string of the molecule is CCc1ncc(S(=O)(=O)Nc2ccc(O)cc2)[nH]1. The summed E-state index contributed by atoms with van der Waals surface area (Å²) in [6.07, 6.45) is 1.91. The number of imidazole rings is 1. The first-order chi connectivity index (χ1) is 8.51. The lowest BCUT2D eigenvalue weighted by Crippen LogP contribution is -2.13. The average Bonchev–Trinajstić information content (AvgIpc) is 2.81. The van der Waals surface area contributed by atoms with Crippen LogP contribution in [0.15, 0.2) is 35.5 Å². The van der Waals surface area contributed by atoms with Crippen molar-refractivity contribution in [2.45, 2.75) is 18.4 Å². The quantitative estimate of drug-likeness (QED) is 0.731. The molecule has 0 saturated heterocycles. The highest BCUT2D eigenvalue weighted by Crippen LogP contribution is 2.17. The van der Waals surface area contributed by atoms with Gasteiger partial charge in [-0.25, -0.2) is 4.98 Å². The Labute approximate surface area is 105 Å². The van der Waals surface area contributed by atoms with Crippen LogP contribution >= 0.6 is 0 Å². The number of aromatic nitrogens is 2. The summed E-state index contributed by atoms with van der Waals surface area (Å²) < 4.78 is 26.3. The zero-order valence-electron chi connectivity index (χ0n) is 9.71. The Hall–Kier alpha value is -2.02. The number of hydrogen-bond acceptors (Lipinski definition) is 4. The number of aromatic amines is 1. The Kier molecular flexibility index (Phi) is 3.24. The molecule has 18 heavy (non-hydrogen) atoms. The molecule has 0 aliphatic heterocycles. The van der Waals surface area contributed by atoms with Gasteiger partial charge in [0.05, 0.1) is 6.20 Å². The molecule has 1 aromatic carbocycles. The number of aryl methyl sites for hydroxylation is 1. The van der Waals surface area contributed by atoms with Gasteiger partial charge in [-0.3, -0.25) is 4.72 Å². The van der Waals surface area contributed by atoms with Crippen LogP contribution in [-0.2, 0) is 16.4 Å². The fourth-order valence-electron chi connectivity index (χ4n) is 1.40. The predicted octanol–water partition coefficient (Wildman–Crippen LogP) is 1.48. The van der Waals surface area contributed by atoms with Crippen LogP contribution in [0.3, 0.4) is 0 Å². The first-order valence-electron chi connectivity index (χ1n) is 5.37. The summed E-state index contributed by atoms with van der Waals surface area (Å²) in [6, 6.07) is 5.76. The van der Waals surface area contributed by atoms with Crippen LogP contribution in [0.2, 0.25) is 0 Å². The van der Waals surface area contributed by atoms with Crippen LogP contribution in [-0.4, -0.2) is 23.5 Å². The largest absolute Gasteiger partial charge is 0.508 e. The van der Waals surface area contributed by atoms with E-state index in [1.807, 2.05) is 6.92 Å². The van der Waals surface area contributed by atoms with E-state index in [-0.39, 0.29) is 10.8 Å². The summed E-state index contributed by atoms with van der Waals surface area (Å²) >= 11 is 0. The van der Waals surface area contributed by atoms with Crippen LogP contribution in [0.5, 0.6) is 5.75 Å². The molecule has 0 bridgehead atoms. The van der Waals surface area contributed by atoms with Gasteiger partial charge < -0.3 is 10.1 Å². The zero-order chi connectivity index (χ0) is 13.2. The van der Waals surface area contributed by atoms with Crippen molar-refractivity contribution >= 4 is 15.7 Å². The fourth-order valence-corrected chi connectivity index (χ4v) is 2.40. The molecule has 6 nitrogen and oxygen atoms in total. The summed E-state index contributed by atoms with van der Waals surface area (Å²) in [5, 5.41) is 9.13. The zero-order valence-corrected chi connectivity index (χ0v) is 10.5. The summed E-state index contributed by atoms with van der Waals surface area (Å²) in [5.41, 5.74) is 0.375. The van der Waals surface area contributed by atoms with Crippen LogP contribution in [0, 0.1) is 0 Å². The molecule has 7 heteroatoms. The minimum absolute atomic E-state index is 0.0208. The van der Waals surface area contributed by atoms with E-state index in [9.17, 15) is 8.42 Å². The minimum Gasteiger partial charge on any atom is -0.508 e. The summed E-state index contributed by atoms with van der Waals surface area (Å²) in [6.45, 7) is 1.88. The number of anilines is 1. The number of hydrogen-bond donors (Lipinski definition) is 3. The second-order valence-electron chi connectivity index (χ2n) is 3.70. The molecule has 1 heterocycles. The smallest absolute Gasteiger partial charge is 0.278 e. The molecule has 3 N–H and O–H groups in total. The number of benzene rings is 1. The van der Waals surface area contributed by atoms with Gasteiger partial charge in [-0.05, 0) is 24.3 Å². The number of rotatable bonds is 4. The molecule has 0 unspecified atom stereocenters. The molecule has 0 aliphatic rings. The van der Waals surface area contributed by atoms with Crippen molar-refractivity contribution in [3.05, 3.63) is 36.3 Å². The molecule has 2 aromatic rings. The van der Waals surface area contributed by atoms with Crippen LogP contribution in [0.4, 0.5) is 5.69 Å². The van der Waals surface area contributed by atoms with Crippen molar-refractivity contribution in [3.8, 4) is 5.75 Å². The number of nitrogens with one attached hydrogen (secondary N) is 2. The third-order valence-corrected chi connectivity index (χ3v) is 3.64. The lowest BCUT2D eigenvalue weighted by atomic mass is 10.3. The van der Waals surface area contributed by atoms with Gasteiger partial charge in [-0.2, -0.15) is 8.42 Å². The van der Waals surface area contributed by atoms with Crippen molar-refractivity contribution in [1.29, 1.82) is 0 Å². The monoisotopic (exact) mass is 267 g/mol. The van der Waals surface area contributed by atoms with E-state index in [4.69, 9.17) is 5.11 Å². The van der Waals surface area contributed by atoms with E-state index in [1.54, 1.807) is 0 Å². The third-order valence-electron chi connectivity index (χ3n) is 2.35. The topological polar surface area (TPSA) is 95.1 Å². The maximum Gasteiger partial charge on any atom is 0.278 e. The lowest BCUT2D eigenvalue weighted by Gasteiger charge is -2.05. The van der Waals surface area contributed by atoms with E-state index >= 15 is 0 Å². The maximum atomic E-state index is 12.0. The van der Waals surface area contributed by atoms with E-state index in [0.29, 0.717) is 17.9 Å². The molecule has 0 amide bonds. The molecule has 0 saturated carbocycles. The van der Waals surface area contributed by atoms with Crippen molar-refractivity contribution in [1.82, 2.24) is 9.97 Å². The molecule has 96 valence electrons. The molecule has 0 fully saturated rings. The van der Waals surface area contributed by atoms with Gasteiger partial charge in [0.1, 0.15) is 11.6 Å². The Morgan fingerprint density at radius 3 is 2.56 bits per heavy atom. The standard InChI is InChI=1S/C11H13N3O3S/c1-2-10-12-7-11(13-10)18(16,17)14-8-3-5-9(15)6-4-8/h3-7,14-15H,2H2,1H3,(H,12,13). The Balaban J connectivity index is 2.24. The van der Waals surface area contributed by atoms with Crippen molar-refractivity contribution in [3.63, 3.8) is 0 Å². The van der Waals surface area contributed by atoms with Crippen LogP contribution in [0.25, 0.3) is 0 Å². The molecule has 1 aromatic heterocycles. The van der Waals surface area contributed by atoms with Crippen LogP contribution < -0.4 is 4.72 Å². The van der Waals surface area contributed by atoms with Gasteiger partial charge in [0.2, 0.25) is 0 Å². The maximum absolute atomic E-state index is 12.0. The van der Waals surface area contributed by atoms with E-state index in [1.165, 1.54) is 30.5 Å². The van der Waals surface area contributed by atoms with Crippen molar-refractivity contribution in [2.75, 3.05) is 4.72 Å².